The summed E-state index contributed by atoms with van der Waals surface area (Å²) in [6, 6.07) is 15.4. The number of carboxylic acids is 1. The van der Waals surface area contributed by atoms with E-state index < -0.39 is 5.97 Å². The van der Waals surface area contributed by atoms with Gasteiger partial charge in [0.1, 0.15) is 5.75 Å². The average Bonchev–Trinajstić information content (AvgIpc) is 3.34. The maximum absolute atomic E-state index is 12.5. The average molecular weight is 494 g/mol. The lowest BCUT2D eigenvalue weighted by Gasteiger charge is -2.26. The predicted molar refractivity (Wildman–Crippen MR) is 140 cm³/mol. The molecule has 35 heavy (non-hydrogen) atoms. The monoisotopic (exact) mass is 493 g/mol. The molecule has 0 bridgehead atoms. The SMILES string of the molecule is CC(C)N(c1ccc(OCC(=O)O)cc1)c1nc(-c2ccc(NC(=O)C3CCCCC3)cc2)cs1. The van der Waals surface area contributed by atoms with Gasteiger partial charge < -0.3 is 20.1 Å². The maximum atomic E-state index is 12.5. The summed E-state index contributed by atoms with van der Waals surface area (Å²) in [5, 5.41) is 14.7. The quantitative estimate of drug-likeness (QED) is 0.361. The van der Waals surface area contributed by atoms with E-state index in [-0.39, 0.29) is 24.5 Å². The van der Waals surface area contributed by atoms with E-state index in [0.29, 0.717) is 5.75 Å². The highest BCUT2D eigenvalue weighted by Crippen LogP contribution is 2.35. The molecule has 1 saturated carbocycles. The zero-order valence-corrected chi connectivity index (χ0v) is 20.9. The van der Waals surface area contributed by atoms with Crippen molar-refractivity contribution in [3.05, 3.63) is 53.9 Å². The van der Waals surface area contributed by atoms with Gasteiger partial charge >= 0.3 is 5.97 Å². The number of aliphatic carboxylic acids is 1. The fourth-order valence-corrected chi connectivity index (χ4v) is 5.31. The van der Waals surface area contributed by atoms with Gasteiger partial charge in [-0.3, -0.25) is 4.79 Å². The molecule has 0 unspecified atom stereocenters. The maximum Gasteiger partial charge on any atom is 0.341 e. The number of carboxylic acid groups (broad SMARTS) is 1. The Bertz CT molecular complexity index is 1140. The van der Waals surface area contributed by atoms with E-state index >= 15 is 0 Å². The van der Waals surface area contributed by atoms with E-state index in [4.69, 9.17) is 14.8 Å². The molecule has 1 aliphatic carbocycles. The zero-order chi connectivity index (χ0) is 24.8. The highest BCUT2D eigenvalue weighted by atomic mass is 32.1. The first-order valence-electron chi connectivity index (χ1n) is 12.0. The molecule has 2 N–H and O–H groups in total. The summed E-state index contributed by atoms with van der Waals surface area (Å²) in [6.45, 7) is 3.82. The number of aromatic nitrogens is 1. The van der Waals surface area contributed by atoms with E-state index in [1.165, 1.54) is 6.42 Å². The van der Waals surface area contributed by atoms with Crippen molar-refractivity contribution in [3.63, 3.8) is 0 Å². The molecule has 1 fully saturated rings. The van der Waals surface area contributed by atoms with Gasteiger partial charge in [0.2, 0.25) is 5.91 Å². The Morgan fingerprint density at radius 1 is 1.09 bits per heavy atom. The number of ether oxygens (including phenoxy) is 1. The lowest BCUT2D eigenvalue weighted by Crippen LogP contribution is -2.25. The van der Waals surface area contributed by atoms with Crippen LogP contribution >= 0.6 is 11.3 Å². The first-order chi connectivity index (χ1) is 16.9. The molecule has 2 aromatic carbocycles. The number of nitrogens with one attached hydrogen (secondary N) is 1. The molecule has 0 radical (unpaired) electrons. The normalized spacial score (nSPS) is 14.0. The molecule has 1 amide bonds. The van der Waals surface area contributed by atoms with Crippen LogP contribution < -0.4 is 15.0 Å². The molecule has 3 aromatic rings. The number of hydrogen-bond acceptors (Lipinski definition) is 6. The number of nitrogens with zero attached hydrogens (tertiary/aromatic N) is 2. The first kappa shape index (κ1) is 24.7. The van der Waals surface area contributed by atoms with Crippen LogP contribution in [0.2, 0.25) is 0 Å². The molecule has 0 atom stereocenters. The number of benzene rings is 2. The summed E-state index contributed by atoms with van der Waals surface area (Å²) >= 11 is 1.56. The number of thiazole rings is 1. The van der Waals surface area contributed by atoms with Crippen LogP contribution in [0.3, 0.4) is 0 Å². The van der Waals surface area contributed by atoms with Gasteiger partial charge in [0, 0.05) is 34.3 Å². The van der Waals surface area contributed by atoms with Gasteiger partial charge in [0.15, 0.2) is 11.7 Å². The van der Waals surface area contributed by atoms with Crippen LogP contribution in [0.5, 0.6) is 5.75 Å². The van der Waals surface area contributed by atoms with E-state index in [1.54, 1.807) is 23.5 Å². The number of carbonyl (C=O) groups is 2. The van der Waals surface area contributed by atoms with Gasteiger partial charge in [-0.2, -0.15) is 0 Å². The Morgan fingerprint density at radius 3 is 2.40 bits per heavy atom. The van der Waals surface area contributed by atoms with Crippen LogP contribution in [-0.4, -0.2) is 34.6 Å². The van der Waals surface area contributed by atoms with Gasteiger partial charge in [-0.1, -0.05) is 31.4 Å². The molecular weight excluding hydrogens is 462 g/mol. The van der Waals surface area contributed by atoms with Gasteiger partial charge in [-0.25, -0.2) is 9.78 Å². The van der Waals surface area contributed by atoms with Crippen molar-refractivity contribution in [3.8, 4) is 17.0 Å². The molecule has 1 aliphatic rings. The highest BCUT2D eigenvalue weighted by molar-refractivity contribution is 7.14. The molecule has 0 spiro atoms. The van der Waals surface area contributed by atoms with Crippen molar-refractivity contribution in [1.29, 1.82) is 0 Å². The fraction of sp³-hybridized carbons (Fsp3) is 0.370. The van der Waals surface area contributed by atoms with Gasteiger partial charge in [-0.15, -0.1) is 11.3 Å². The molecule has 0 aliphatic heterocycles. The Kier molecular flexibility index (Phi) is 8.02. The van der Waals surface area contributed by atoms with Crippen molar-refractivity contribution in [2.45, 2.75) is 52.0 Å². The van der Waals surface area contributed by atoms with Gasteiger partial charge in [-0.05, 0) is 63.1 Å². The minimum atomic E-state index is -1.01. The molecule has 1 aromatic heterocycles. The van der Waals surface area contributed by atoms with Crippen LogP contribution in [0, 0.1) is 5.92 Å². The largest absolute Gasteiger partial charge is 0.482 e. The third kappa shape index (κ3) is 6.39. The Balaban J connectivity index is 1.44. The van der Waals surface area contributed by atoms with Crippen LogP contribution in [-0.2, 0) is 9.59 Å². The van der Waals surface area contributed by atoms with Crippen LogP contribution in [0.1, 0.15) is 46.0 Å². The number of anilines is 3. The lowest BCUT2D eigenvalue weighted by molar-refractivity contribution is -0.139. The smallest absolute Gasteiger partial charge is 0.341 e. The number of amides is 1. The Hall–Kier alpha value is -3.39. The van der Waals surface area contributed by atoms with Crippen molar-refractivity contribution in [2.24, 2.45) is 5.92 Å². The number of hydrogen-bond donors (Lipinski definition) is 2. The minimum absolute atomic E-state index is 0.125. The molecule has 4 rings (SSSR count). The molecule has 7 nitrogen and oxygen atoms in total. The standard InChI is InChI=1S/C27H31N3O4S/c1-18(2)30(22-12-14-23(15-13-22)34-16-25(31)32)27-29-24(17-35-27)19-8-10-21(11-9-19)28-26(33)20-6-4-3-5-7-20/h8-15,17-18,20H,3-7,16H2,1-2H3,(H,28,33)(H,31,32). The summed E-state index contributed by atoms with van der Waals surface area (Å²) < 4.78 is 5.24. The molecule has 0 saturated heterocycles. The lowest BCUT2D eigenvalue weighted by atomic mass is 9.88. The van der Waals surface area contributed by atoms with Crippen molar-refractivity contribution < 1.29 is 19.4 Å². The predicted octanol–water partition coefficient (Wildman–Crippen LogP) is 6.34. The summed E-state index contributed by atoms with van der Waals surface area (Å²) in [5.41, 5.74) is 3.63. The van der Waals surface area contributed by atoms with E-state index in [9.17, 15) is 9.59 Å². The van der Waals surface area contributed by atoms with E-state index in [2.05, 4.69) is 24.1 Å². The first-order valence-corrected chi connectivity index (χ1v) is 12.9. The minimum Gasteiger partial charge on any atom is -0.482 e. The molecular formula is C27H31N3O4S. The van der Waals surface area contributed by atoms with Gasteiger partial charge in [0.05, 0.1) is 5.69 Å². The summed E-state index contributed by atoms with van der Waals surface area (Å²) in [4.78, 5) is 30.2. The second-order valence-corrected chi connectivity index (χ2v) is 9.89. The van der Waals surface area contributed by atoms with E-state index in [1.807, 2.05) is 41.8 Å². The highest BCUT2D eigenvalue weighted by Gasteiger charge is 2.21. The summed E-state index contributed by atoms with van der Waals surface area (Å²) in [6.07, 6.45) is 5.47. The fourth-order valence-electron chi connectivity index (χ4n) is 4.32. The summed E-state index contributed by atoms with van der Waals surface area (Å²) in [7, 11) is 0. The topological polar surface area (TPSA) is 91.8 Å². The summed E-state index contributed by atoms with van der Waals surface area (Å²) in [5.74, 6) is -0.243. The molecule has 1 heterocycles. The van der Waals surface area contributed by atoms with Crippen molar-refractivity contribution in [2.75, 3.05) is 16.8 Å². The number of rotatable bonds is 9. The van der Waals surface area contributed by atoms with Crippen molar-refractivity contribution in [1.82, 2.24) is 4.98 Å². The number of carbonyl (C=O) groups excluding carboxylic acids is 1. The Labute approximate surface area is 209 Å². The second kappa shape index (κ2) is 11.4. The van der Waals surface area contributed by atoms with Crippen molar-refractivity contribution >= 4 is 39.7 Å². The van der Waals surface area contributed by atoms with Crippen LogP contribution in [0.4, 0.5) is 16.5 Å². The third-order valence-electron chi connectivity index (χ3n) is 6.12. The van der Waals surface area contributed by atoms with Gasteiger partial charge in [0.25, 0.3) is 0 Å². The zero-order valence-electron chi connectivity index (χ0n) is 20.1. The Morgan fingerprint density at radius 2 is 1.77 bits per heavy atom. The van der Waals surface area contributed by atoms with Crippen LogP contribution in [0.15, 0.2) is 53.9 Å². The van der Waals surface area contributed by atoms with Crippen LogP contribution in [0.25, 0.3) is 11.3 Å². The van der Waals surface area contributed by atoms with E-state index in [0.717, 1.165) is 53.4 Å². The molecule has 184 valence electrons. The molecule has 8 heteroatoms. The second-order valence-electron chi connectivity index (χ2n) is 9.06. The third-order valence-corrected chi connectivity index (χ3v) is 6.96.